The van der Waals surface area contributed by atoms with Crippen LogP contribution in [-0.4, -0.2) is 57.6 Å². The van der Waals surface area contributed by atoms with Crippen molar-refractivity contribution in [3.63, 3.8) is 0 Å². The maximum atomic E-state index is 15.5. The van der Waals surface area contributed by atoms with Crippen molar-refractivity contribution in [1.82, 2.24) is 14.8 Å². The van der Waals surface area contributed by atoms with Gasteiger partial charge in [0.05, 0.1) is 27.4 Å². The molecule has 4 aliphatic rings. The summed E-state index contributed by atoms with van der Waals surface area (Å²) in [6, 6.07) is 12.4. The Balaban J connectivity index is 1.14. The number of aliphatic imine (C=N–C) groups is 1. The van der Waals surface area contributed by atoms with Crippen molar-refractivity contribution in [2.24, 2.45) is 16.8 Å². The molecule has 0 unspecified atom stereocenters. The molecule has 9 heteroatoms. The maximum Gasteiger partial charge on any atom is 0.256 e. The zero-order chi connectivity index (χ0) is 24.6. The summed E-state index contributed by atoms with van der Waals surface area (Å²) < 4.78 is 16.4. The summed E-state index contributed by atoms with van der Waals surface area (Å²) >= 11 is 1.44. The molecule has 2 aliphatic heterocycles. The number of thiazole rings is 1. The van der Waals surface area contributed by atoms with E-state index in [1.807, 2.05) is 17.0 Å². The lowest BCUT2D eigenvalue weighted by molar-refractivity contribution is -0.139. The lowest BCUT2D eigenvalue weighted by Gasteiger charge is -2.41. The van der Waals surface area contributed by atoms with Gasteiger partial charge in [-0.15, -0.1) is 11.3 Å². The number of carbonyl (C=O) groups is 2. The molecule has 2 aromatic carbocycles. The first-order valence-electron chi connectivity index (χ1n) is 12.3. The summed E-state index contributed by atoms with van der Waals surface area (Å²) in [4.78, 5) is 38.3. The van der Waals surface area contributed by atoms with Crippen molar-refractivity contribution in [3.05, 3.63) is 53.3 Å². The number of fused-ring (bicyclic) bond motifs is 1. The molecular weight excluding hydrogens is 477 g/mol. The van der Waals surface area contributed by atoms with Crippen LogP contribution >= 0.6 is 11.3 Å². The number of nitriles is 1. The van der Waals surface area contributed by atoms with E-state index < -0.39 is 11.4 Å². The van der Waals surface area contributed by atoms with E-state index in [4.69, 9.17) is 10.3 Å². The fraction of sp³-hybridized carbons (Fsp3) is 0.370. The standard InChI is InChI=1S/C27H22FN5O2S/c28-20-10-18(24-30-21-9-15(11-29)1-6-22(21)36-24)4-5-19(20)23-31-27(7-8-27)26(35)33(23)14-16-12-32(13-16)25(34)17-2-3-17/h1,4-6,9-10,16-17H,2-3,7-8,12-14H2. The van der Waals surface area contributed by atoms with Gasteiger partial charge in [0.2, 0.25) is 5.91 Å². The third-order valence-electron chi connectivity index (χ3n) is 7.55. The molecule has 2 saturated carbocycles. The Morgan fingerprint density at radius 1 is 1.19 bits per heavy atom. The quantitative estimate of drug-likeness (QED) is 0.531. The predicted molar refractivity (Wildman–Crippen MR) is 133 cm³/mol. The molecular formula is C27H22FN5O2S. The summed E-state index contributed by atoms with van der Waals surface area (Å²) in [6.45, 7) is 1.74. The van der Waals surface area contributed by atoms with Crippen molar-refractivity contribution in [2.75, 3.05) is 19.6 Å². The minimum Gasteiger partial charge on any atom is -0.342 e. The van der Waals surface area contributed by atoms with Gasteiger partial charge in [0, 0.05) is 37.0 Å². The first kappa shape index (κ1) is 21.6. The lowest BCUT2D eigenvalue weighted by Crippen LogP contribution is -2.55. The molecule has 7 nitrogen and oxygen atoms in total. The monoisotopic (exact) mass is 499 g/mol. The van der Waals surface area contributed by atoms with Gasteiger partial charge < -0.3 is 4.90 Å². The van der Waals surface area contributed by atoms with Crippen LogP contribution in [0.25, 0.3) is 20.8 Å². The van der Waals surface area contributed by atoms with E-state index in [-0.39, 0.29) is 23.7 Å². The molecule has 1 saturated heterocycles. The Labute approximate surface area is 210 Å². The van der Waals surface area contributed by atoms with Crippen LogP contribution in [0.4, 0.5) is 4.39 Å². The molecule has 0 atom stereocenters. The van der Waals surface area contributed by atoms with Crippen molar-refractivity contribution in [3.8, 4) is 16.6 Å². The molecule has 3 fully saturated rings. The Kier molecular flexibility index (Phi) is 4.61. The van der Waals surface area contributed by atoms with Gasteiger partial charge in [-0.25, -0.2) is 9.37 Å². The molecule has 3 aromatic rings. The lowest BCUT2D eigenvalue weighted by atomic mass is 9.98. The number of hydrogen-bond donors (Lipinski definition) is 0. The minimum atomic E-state index is -0.723. The molecule has 1 aromatic heterocycles. The summed E-state index contributed by atoms with van der Waals surface area (Å²) in [7, 11) is 0. The number of carbonyl (C=O) groups excluding carboxylic acids is 2. The van der Waals surface area contributed by atoms with Gasteiger partial charge in [0.1, 0.15) is 22.2 Å². The van der Waals surface area contributed by atoms with Crippen molar-refractivity contribution in [1.29, 1.82) is 5.26 Å². The average molecular weight is 500 g/mol. The predicted octanol–water partition coefficient (Wildman–Crippen LogP) is 3.96. The summed E-state index contributed by atoms with van der Waals surface area (Å²) in [5, 5.41) is 9.80. The molecule has 0 bridgehead atoms. The summed E-state index contributed by atoms with van der Waals surface area (Å²) in [5.74, 6) is 0.510. The number of aromatic nitrogens is 1. The first-order chi connectivity index (χ1) is 17.4. The highest BCUT2D eigenvalue weighted by molar-refractivity contribution is 7.21. The van der Waals surface area contributed by atoms with Crippen LogP contribution in [0.3, 0.4) is 0 Å². The maximum absolute atomic E-state index is 15.5. The fourth-order valence-corrected chi connectivity index (χ4v) is 6.08. The number of amidine groups is 1. The van der Waals surface area contributed by atoms with Crippen LogP contribution in [0.5, 0.6) is 0 Å². The van der Waals surface area contributed by atoms with E-state index in [0.29, 0.717) is 65.5 Å². The molecule has 0 N–H and O–H groups in total. The Morgan fingerprint density at radius 2 is 2.00 bits per heavy atom. The van der Waals surface area contributed by atoms with Gasteiger partial charge in [-0.3, -0.25) is 19.5 Å². The highest BCUT2D eigenvalue weighted by atomic mass is 32.1. The van der Waals surface area contributed by atoms with Gasteiger partial charge in [0.15, 0.2) is 0 Å². The molecule has 7 rings (SSSR count). The fourth-order valence-electron chi connectivity index (χ4n) is 5.14. The summed E-state index contributed by atoms with van der Waals surface area (Å²) in [6.07, 6.45) is 3.35. The van der Waals surface area contributed by atoms with E-state index in [9.17, 15) is 9.59 Å². The van der Waals surface area contributed by atoms with Crippen molar-refractivity contribution >= 4 is 39.2 Å². The van der Waals surface area contributed by atoms with E-state index in [0.717, 1.165) is 17.5 Å². The minimum absolute atomic E-state index is 0.0487. The largest absolute Gasteiger partial charge is 0.342 e. The van der Waals surface area contributed by atoms with E-state index in [1.165, 1.54) is 17.4 Å². The first-order valence-corrected chi connectivity index (χ1v) is 13.1. The molecule has 2 aliphatic carbocycles. The SMILES string of the molecule is N#Cc1ccc2sc(-c3ccc(C4=NC5(CC5)C(=O)N4CC4CN(C(=O)C5CC5)C4)c(F)c3)nc2c1. The van der Waals surface area contributed by atoms with E-state index in [1.54, 1.807) is 23.1 Å². The number of nitrogens with zero attached hydrogens (tertiary/aromatic N) is 5. The Morgan fingerprint density at radius 3 is 2.69 bits per heavy atom. The van der Waals surface area contributed by atoms with Crippen molar-refractivity contribution in [2.45, 2.75) is 31.2 Å². The van der Waals surface area contributed by atoms with E-state index in [2.05, 4.69) is 11.1 Å². The van der Waals surface area contributed by atoms with Crippen LogP contribution in [-0.2, 0) is 9.59 Å². The third-order valence-corrected chi connectivity index (χ3v) is 8.64. The number of hydrogen-bond acceptors (Lipinski definition) is 6. The van der Waals surface area contributed by atoms with Crippen LogP contribution in [0, 0.1) is 29.0 Å². The van der Waals surface area contributed by atoms with Gasteiger partial charge in [-0.1, -0.05) is 6.07 Å². The van der Waals surface area contributed by atoms with Crippen molar-refractivity contribution < 1.29 is 14.0 Å². The van der Waals surface area contributed by atoms with Gasteiger partial charge >= 0.3 is 0 Å². The second-order valence-corrected chi connectivity index (χ2v) is 11.3. The molecule has 0 radical (unpaired) electrons. The zero-order valence-corrected chi connectivity index (χ0v) is 20.2. The highest BCUT2D eigenvalue weighted by Gasteiger charge is 2.58. The van der Waals surface area contributed by atoms with E-state index >= 15 is 4.39 Å². The molecule has 180 valence electrons. The van der Waals surface area contributed by atoms with Crippen LogP contribution in [0.15, 0.2) is 41.4 Å². The van der Waals surface area contributed by atoms with Crippen LogP contribution < -0.4 is 0 Å². The number of rotatable bonds is 5. The second kappa shape index (κ2) is 7.68. The summed E-state index contributed by atoms with van der Waals surface area (Å²) in [5.41, 5.74) is 1.47. The molecule has 1 spiro atoms. The topological polar surface area (TPSA) is 89.7 Å². The Hall–Kier alpha value is -3.64. The van der Waals surface area contributed by atoms with Gasteiger partial charge in [-0.2, -0.15) is 5.26 Å². The molecule has 36 heavy (non-hydrogen) atoms. The van der Waals surface area contributed by atoms with Gasteiger partial charge in [-0.05, 0) is 56.0 Å². The van der Waals surface area contributed by atoms with Gasteiger partial charge in [0.25, 0.3) is 5.91 Å². The Bertz CT molecular complexity index is 1520. The normalized spacial score (nSPS) is 20.6. The van der Waals surface area contributed by atoms with Crippen LogP contribution in [0.2, 0.25) is 0 Å². The smallest absolute Gasteiger partial charge is 0.256 e. The highest BCUT2D eigenvalue weighted by Crippen LogP contribution is 2.46. The third kappa shape index (κ3) is 3.43. The number of likely N-dealkylation sites (tertiary alicyclic amines) is 1. The van der Waals surface area contributed by atoms with Crippen LogP contribution in [0.1, 0.15) is 36.8 Å². The molecule has 3 heterocycles. The number of halogens is 1. The number of benzene rings is 2. The number of amides is 2. The average Bonchev–Trinajstić information content (AvgIpc) is 3.77. The zero-order valence-electron chi connectivity index (χ0n) is 19.4. The second-order valence-electron chi connectivity index (χ2n) is 10.3. The molecule has 2 amide bonds.